The SMILES string of the molecule is C=C[CH2-].[Ti+3].c1ccc2[cH-]ccc2c1.c1ccc2[cH-]ccc2c1. The third-order valence-electron chi connectivity index (χ3n) is 3.10. The molecule has 4 aromatic rings. The molecular formula is C21H19Ti. The Labute approximate surface area is 147 Å². The molecule has 0 unspecified atom stereocenters. The van der Waals surface area contributed by atoms with Crippen molar-refractivity contribution in [2.75, 3.05) is 0 Å². The first-order chi connectivity index (χ1) is 10.3. The monoisotopic (exact) mass is 319 g/mol. The molecule has 4 aromatic carbocycles. The second kappa shape index (κ2) is 9.84. The van der Waals surface area contributed by atoms with Gasteiger partial charge in [0.1, 0.15) is 0 Å². The predicted molar refractivity (Wildman–Crippen MR) is 94.6 cm³/mol. The molecule has 0 bridgehead atoms. The summed E-state index contributed by atoms with van der Waals surface area (Å²) in [6.07, 6.45) is 1.50. The van der Waals surface area contributed by atoms with Crippen molar-refractivity contribution in [3.63, 3.8) is 0 Å². The molecule has 0 fully saturated rings. The zero-order chi connectivity index (χ0) is 14.9. The third kappa shape index (κ3) is 5.07. The molecule has 0 aliphatic carbocycles. The van der Waals surface area contributed by atoms with Crippen LogP contribution in [0.15, 0.2) is 97.6 Å². The second-order valence-electron chi connectivity index (χ2n) is 4.60. The zero-order valence-electron chi connectivity index (χ0n) is 12.6. The molecule has 0 atom stereocenters. The molecule has 1 radical (unpaired) electrons. The van der Waals surface area contributed by atoms with Crippen molar-refractivity contribution in [2.24, 2.45) is 0 Å². The first-order valence-electron chi connectivity index (χ1n) is 6.96. The Balaban J connectivity index is 0.000000181. The number of benzene rings is 2. The maximum Gasteiger partial charge on any atom is 3.00 e. The Morgan fingerprint density at radius 2 is 1.09 bits per heavy atom. The number of hydrogen-bond donors (Lipinski definition) is 0. The summed E-state index contributed by atoms with van der Waals surface area (Å²) in [5.41, 5.74) is 0. The largest absolute Gasteiger partial charge is 3.00 e. The van der Waals surface area contributed by atoms with Crippen LogP contribution in [0.3, 0.4) is 0 Å². The van der Waals surface area contributed by atoms with Crippen LogP contribution in [-0.2, 0) is 21.7 Å². The molecule has 0 saturated carbocycles. The Morgan fingerprint density at radius 3 is 1.45 bits per heavy atom. The fraction of sp³-hybridized carbons (Fsp3) is 0. The minimum absolute atomic E-state index is 0. The van der Waals surface area contributed by atoms with Crippen molar-refractivity contribution < 1.29 is 21.7 Å². The summed E-state index contributed by atoms with van der Waals surface area (Å²) in [7, 11) is 0. The Morgan fingerprint density at radius 1 is 0.727 bits per heavy atom. The predicted octanol–water partition coefficient (Wildman–Crippen LogP) is 6.12. The molecule has 0 saturated heterocycles. The van der Waals surface area contributed by atoms with E-state index in [1.165, 1.54) is 27.6 Å². The van der Waals surface area contributed by atoms with Crippen molar-refractivity contribution in [3.8, 4) is 0 Å². The van der Waals surface area contributed by atoms with Crippen LogP contribution in [0.1, 0.15) is 0 Å². The summed E-state index contributed by atoms with van der Waals surface area (Å²) < 4.78 is 0. The van der Waals surface area contributed by atoms with Gasteiger partial charge in [0.05, 0.1) is 0 Å². The standard InChI is InChI=1S/2C9H7.C3H5.Ti/c2*1-2-5-9-7-3-6-8(9)4-1;1-3-2;/h2*1-7H;3H,1-2H2;/q3*-1;+3. The fourth-order valence-electron chi connectivity index (χ4n) is 2.14. The van der Waals surface area contributed by atoms with Gasteiger partial charge in [0.15, 0.2) is 0 Å². The maximum absolute atomic E-state index is 3.25. The Bertz CT molecular complexity index is 663. The van der Waals surface area contributed by atoms with Crippen LogP contribution >= 0.6 is 0 Å². The quantitative estimate of drug-likeness (QED) is 0.270. The normalized spacial score (nSPS) is 8.91. The maximum atomic E-state index is 3.25. The van der Waals surface area contributed by atoms with E-state index < -0.39 is 0 Å². The Hall–Kier alpha value is -2.02. The summed E-state index contributed by atoms with van der Waals surface area (Å²) >= 11 is 0. The third-order valence-corrected chi connectivity index (χ3v) is 3.10. The van der Waals surface area contributed by atoms with Crippen molar-refractivity contribution in [3.05, 3.63) is 105 Å². The van der Waals surface area contributed by atoms with E-state index in [2.05, 4.69) is 98.4 Å². The summed E-state index contributed by atoms with van der Waals surface area (Å²) in [5.74, 6) is 0. The minimum Gasteiger partial charge on any atom is -0.245 e. The summed E-state index contributed by atoms with van der Waals surface area (Å²) in [6, 6.07) is 29.3. The van der Waals surface area contributed by atoms with Crippen LogP contribution in [0.2, 0.25) is 0 Å². The van der Waals surface area contributed by atoms with E-state index in [0.717, 1.165) is 0 Å². The van der Waals surface area contributed by atoms with E-state index in [1.54, 1.807) is 0 Å². The molecule has 4 rings (SSSR count). The zero-order valence-corrected chi connectivity index (χ0v) is 14.1. The molecule has 0 aromatic heterocycles. The summed E-state index contributed by atoms with van der Waals surface area (Å²) in [6.45, 7) is 6.50. The van der Waals surface area contributed by atoms with Gasteiger partial charge in [0, 0.05) is 0 Å². The molecule has 0 N–H and O–H groups in total. The topological polar surface area (TPSA) is 0 Å². The van der Waals surface area contributed by atoms with Crippen LogP contribution in [0, 0.1) is 6.92 Å². The van der Waals surface area contributed by atoms with Crippen molar-refractivity contribution in [1.29, 1.82) is 0 Å². The van der Waals surface area contributed by atoms with E-state index in [4.69, 9.17) is 0 Å². The van der Waals surface area contributed by atoms with Gasteiger partial charge in [0.25, 0.3) is 0 Å². The Kier molecular flexibility index (Phi) is 8.06. The molecule has 22 heavy (non-hydrogen) atoms. The van der Waals surface area contributed by atoms with Gasteiger partial charge in [-0.2, -0.15) is 35.0 Å². The van der Waals surface area contributed by atoms with E-state index in [1.807, 2.05) is 0 Å². The average Bonchev–Trinajstić information content (AvgIpc) is 3.17. The van der Waals surface area contributed by atoms with Gasteiger partial charge in [-0.3, -0.25) is 0 Å². The van der Waals surface area contributed by atoms with E-state index >= 15 is 0 Å². The molecular weight excluding hydrogens is 300 g/mol. The van der Waals surface area contributed by atoms with Crippen molar-refractivity contribution >= 4 is 21.5 Å². The molecule has 0 heterocycles. The van der Waals surface area contributed by atoms with Gasteiger partial charge in [-0.15, -0.1) is 59.3 Å². The van der Waals surface area contributed by atoms with Crippen LogP contribution in [-0.4, -0.2) is 0 Å². The number of hydrogen-bond acceptors (Lipinski definition) is 0. The molecule has 0 aliphatic rings. The van der Waals surface area contributed by atoms with Crippen molar-refractivity contribution in [1.82, 2.24) is 0 Å². The summed E-state index contributed by atoms with van der Waals surface area (Å²) in [5, 5.41) is 5.32. The van der Waals surface area contributed by atoms with Crippen LogP contribution in [0.5, 0.6) is 0 Å². The van der Waals surface area contributed by atoms with Gasteiger partial charge in [-0.05, 0) is 0 Å². The van der Waals surface area contributed by atoms with Gasteiger partial charge < -0.3 is 0 Å². The minimum atomic E-state index is 0. The van der Waals surface area contributed by atoms with Gasteiger partial charge in [-0.25, -0.2) is 19.6 Å². The fourth-order valence-corrected chi connectivity index (χ4v) is 2.14. The molecule has 0 amide bonds. The van der Waals surface area contributed by atoms with E-state index in [9.17, 15) is 0 Å². The van der Waals surface area contributed by atoms with Crippen LogP contribution < -0.4 is 0 Å². The van der Waals surface area contributed by atoms with Gasteiger partial charge in [0.2, 0.25) is 0 Å². The molecule has 1 heteroatoms. The van der Waals surface area contributed by atoms with E-state index in [0.29, 0.717) is 0 Å². The molecule has 0 aliphatic heterocycles. The van der Waals surface area contributed by atoms with Crippen molar-refractivity contribution in [2.45, 2.75) is 0 Å². The van der Waals surface area contributed by atoms with Crippen LogP contribution in [0.25, 0.3) is 21.5 Å². The van der Waals surface area contributed by atoms with Gasteiger partial charge >= 0.3 is 21.7 Å². The average molecular weight is 319 g/mol. The number of allylic oxidation sites excluding steroid dienone is 1. The van der Waals surface area contributed by atoms with Gasteiger partial charge in [-0.1, -0.05) is 12.1 Å². The smallest absolute Gasteiger partial charge is 0.245 e. The first kappa shape index (κ1) is 18.0. The molecule has 107 valence electrons. The second-order valence-corrected chi connectivity index (χ2v) is 4.60. The number of fused-ring (bicyclic) bond motifs is 2. The van der Waals surface area contributed by atoms with E-state index in [-0.39, 0.29) is 21.7 Å². The summed E-state index contributed by atoms with van der Waals surface area (Å²) in [4.78, 5) is 0. The molecule has 0 spiro atoms. The first-order valence-corrected chi connectivity index (χ1v) is 6.96. The number of rotatable bonds is 0. The molecule has 0 nitrogen and oxygen atoms in total. The van der Waals surface area contributed by atoms with Crippen LogP contribution in [0.4, 0.5) is 0 Å².